The van der Waals surface area contributed by atoms with Gasteiger partial charge in [-0.25, -0.2) is 4.98 Å². The Morgan fingerprint density at radius 2 is 2.41 bits per heavy atom. The third kappa shape index (κ3) is 2.40. The van der Waals surface area contributed by atoms with Gasteiger partial charge in [0.05, 0.1) is 24.7 Å². The van der Waals surface area contributed by atoms with Crippen LogP contribution in [0.4, 0.5) is 0 Å². The third-order valence-corrected chi connectivity index (χ3v) is 3.14. The Bertz CT molecular complexity index is 414. The van der Waals surface area contributed by atoms with Crippen LogP contribution in [0, 0.1) is 12.3 Å². The van der Waals surface area contributed by atoms with Crippen LogP contribution in [-0.4, -0.2) is 35.1 Å². The molecule has 1 aromatic heterocycles. The minimum Gasteiger partial charge on any atom is -0.382 e. The fourth-order valence-electron chi connectivity index (χ4n) is 2.28. The Hall–Kier alpha value is -1.20. The van der Waals surface area contributed by atoms with Crippen molar-refractivity contribution in [1.82, 2.24) is 9.55 Å². The molecule has 1 aromatic rings. The first-order valence-electron chi connectivity index (χ1n) is 5.86. The van der Waals surface area contributed by atoms with Crippen molar-refractivity contribution in [2.45, 2.75) is 39.0 Å². The zero-order chi connectivity index (χ0) is 12.4. The first-order valence-corrected chi connectivity index (χ1v) is 5.86. The lowest BCUT2D eigenvalue weighted by molar-refractivity contribution is -0.0322. The van der Waals surface area contributed by atoms with Crippen molar-refractivity contribution < 1.29 is 9.47 Å². The Labute approximate surface area is 101 Å². The molecule has 0 aromatic carbocycles. The summed E-state index contributed by atoms with van der Waals surface area (Å²) >= 11 is 0. The van der Waals surface area contributed by atoms with Crippen molar-refractivity contribution in [2.24, 2.45) is 0 Å². The van der Waals surface area contributed by atoms with E-state index in [1.807, 2.05) is 11.5 Å². The molecule has 0 amide bonds. The Kier molecular flexibility index (Phi) is 3.59. The van der Waals surface area contributed by atoms with E-state index in [1.165, 1.54) is 0 Å². The van der Waals surface area contributed by atoms with Gasteiger partial charge in [-0.05, 0) is 26.7 Å². The summed E-state index contributed by atoms with van der Waals surface area (Å²) in [6, 6.07) is 0. The molecule has 2 heterocycles. The summed E-state index contributed by atoms with van der Waals surface area (Å²) in [5.41, 5.74) is 2.25. The second-order valence-corrected chi connectivity index (χ2v) is 4.46. The minimum absolute atomic E-state index is 0.0377. The number of nitrogens with zero attached hydrogens (tertiary/aromatic N) is 2. The lowest BCUT2D eigenvalue weighted by Gasteiger charge is -2.16. The van der Waals surface area contributed by atoms with E-state index in [-0.39, 0.29) is 12.3 Å². The van der Waals surface area contributed by atoms with E-state index in [1.54, 1.807) is 20.4 Å². The lowest BCUT2D eigenvalue weighted by atomic mass is 10.2. The average molecular weight is 237 g/mol. The molecule has 0 aliphatic carbocycles. The topological polar surface area (TPSA) is 60.1 Å². The van der Waals surface area contributed by atoms with Crippen LogP contribution >= 0.6 is 0 Å². The summed E-state index contributed by atoms with van der Waals surface area (Å²) in [6.45, 7) is 4.37. The summed E-state index contributed by atoms with van der Waals surface area (Å²) in [5.74, 6) is 0. The van der Waals surface area contributed by atoms with Crippen LogP contribution in [0.3, 0.4) is 0 Å². The zero-order valence-electron chi connectivity index (χ0n) is 10.6. The van der Waals surface area contributed by atoms with Gasteiger partial charge in [0, 0.05) is 12.8 Å². The molecule has 0 saturated carbocycles. The monoisotopic (exact) mass is 237 g/mol. The van der Waals surface area contributed by atoms with Crippen LogP contribution < -0.4 is 0 Å². The molecule has 0 bridgehead atoms. The summed E-state index contributed by atoms with van der Waals surface area (Å²) in [4.78, 5) is 4.26. The standard InChI is InChI=1S/C12H19N3O2/c1-8(13)12-9(2)15(7-14-12)11-5-4-10(17-11)6-16-3/h7,10-11,13H,4-6H2,1-3H3/t10?,11-/m1/s1. The van der Waals surface area contributed by atoms with E-state index in [4.69, 9.17) is 14.9 Å². The number of hydrogen-bond acceptors (Lipinski definition) is 4. The molecule has 5 heteroatoms. The second-order valence-electron chi connectivity index (χ2n) is 4.46. The number of ether oxygens (including phenoxy) is 2. The maximum atomic E-state index is 7.63. The molecule has 1 saturated heterocycles. The number of rotatable bonds is 4. The van der Waals surface area contributed by atoms with Crippen molar-refractivity contribution in [3.05, 3.63) is 17.7 Å². The van der Waals surface area contributed by atoms with Gasteiger partial charge in [0.2, 0.25) is 0 Å². The molecule has 2 rings (SSSR count). The quantitative estimate of drug-likeness (QED) is 0.814. The SMILES string of the molecule is COCC1CC[C@H](n2cnc(C(C)=N)c2C)O1. The van der Waals surface area contributed by atoms with Crippen molar-refractivity contribution in [3.63, 3.8) is 0 Å². The first-order chi connectivity index (χ1) is 8.13. The smallest absolute Gasteiger partial charge is 0.135 e. The summed E-state index contributed by atoms with van der Waals surface area (Å²) in [7, 11) is 1.69. The number of imidazole rings is 1. The van der Waals surface area contributed by atoms with E-state index in [0.29, 0.717) is 12.3 Å². The highest BCUT2D eigenvalue weighted by atomic mass is 16.5. The van der Waals surface area contributed by atoms with Gasteiger partial charge in [-0.15, -0.1) is 0 Å². The number of nitrogens with one attached hydrogen (secondary N) is 1. The van der Waals surface area contributed by atoms with Gasteiger partial charge in [0.1, 0.15) is 11.9 Å². The zero-order valence-corrected chi connectivity index (χ0v) is 10.6. The van der Waals surface area contributed by atoms with E-state index in [2.05, 4.69) is 4.98 Å². The molecule has 5 nitrogen and oxygen atoms in total. The predicted molar refractivity (Wildman–Crippen MR) is 64.5 cm³/mol. The molecule has 1 aliphatic rings. The largest absolute Gasteiger partial charge is 0.382 e. The fourth-order valence-corrected chi connectivity index (χ4v) is 2.28. The normalized spacial score (nSPS) is 24.2. The molecule has 1 aliphatic heterocycles. The summed E-state index contributed by atoms with van der Waals surface area (Å²) in [5, 5.41) is 7.63. The van der Waals surface area contributed by atoms with Crippen molar-refractivity contribution in [1.29, 1.82) is 5.41 Å². The van der Waals surface area contributed by atoms with Gasteiger partial charge in [0.15, 0.2) is 0 Å². The second kappa shape index (κ2) is 4.98. The Balaban J connectivity index is 2.11. The van der Waals surface area contributed by atoms with Crippen molar-refractivity contribution in [2.75, 3.05) is 13.7 Å². The van der Waals surface area contributed by atoms with E-state index in [9.17, 15) is 0 Å². The summed E-state index contributed by atoms with van der Waals surface area (Å²) < 4.78 is 13.0. The van der Waals surface area contributed by atoms with Gasteiger partial charge in [0.25, 0.3) is 0 Å². The number of hydrogen-bond donors (Lipinski definition) is 1. The van der Waals surface area contributed by atoms with E-state index >= 15 is 0 Å². The third-order valence-electron chi connectivity index (χ3n) is 3.14. The molecule has 0 radical (unpaired) electrons. The van der Waals surface area contributed by atoms with Crippen molar-refractivity contribution >= 4 is 5.71 Å². The molecular formula is C12H19N3O2. The summed E-state index contributed by atoms with van der Waals surface area (Å²) in [6.07, 6.45) is 3.96. The minimum atomic E-state index is 0.0377. The van der Waals surface area contributed by atoms with E-state index in [0.717, 1.165) is 24.2 Å². The molecular weight excluding hydrogens is 218 g/mol. The van der Waals surface area contributed by atoms with Gasteiger partial charge < -0.3 is 19.5 Å². The van der Waals surface area contributed by atoms with Crippen LogP contribution in [0.1, 0.15) is 37.4 Å². The van der Waals surface area contributed by atoms with Gasteiger partial charge >= 0.3 is 0 Å². The predicted octanol–water partition coefficient (Wildman–Crippen LogP) is 1.90. The van der Waals surface area contributed by atoms with Gasteiger partial charge in [-0.2, -0.15) is 0 Å². The lowest BCUT2D eigenvalue weighted by Crippen LogP contribution is -2.16. The Morgan fingerprint density at radius 1 is 1.65 bits per heavy atom. The fraction of sp³-hybridized carbons (Fsp3) is 0.667. The molecule has 1 unspecified atom stereocenters. The van der Waals surface area contributed by atoms with Crippen molar-refractivity contribution in [3.8, 4) is 0 Å². The van der Waals surface area contributed by atoms with Crippen LogP contribution in [0.5, 0.6) is 0 Å². The molecule has 1 fully saturated rings. The maximum Gasteiger partial charge on any atom is 0.135 e. The molecule has 17 heavy (non-hydrogen) atoms. The number of aromatic nitrogens is 2. The Morgan fingerprint density at radius 3 is 3.00 bits per heavy atom. The molecule has 94 valence electrons. The van der Waals surface area contributed by atoms with Crippen LogP contribution in [-0.2, 0) is 9.47 Å². The van der Waals surface area contributed by atoms with Gasteiger partial charge in [-0.1, -0.05) is 0 Å². The average Bonchev–Trinajstić information content (AvgIpc) is 2.85. The first kappa shape index (κ1) is 12.3. The van der Waals surface area contributed by atoms with E-state index < -0.39 is 0 Å². The molecule has 1 N–H and O–H groups in total. The van der Waals surface area contributed by atoms with Crippen LogP contribution in [0.2, 0.25) is 0 Å². The highest BCUT2D eigenvalue weighted by Gasteiger charge is 2.27. The highest BCUT2D eigenvalue weighted by molar-refractivity contribution is 5.95. The van der Waals surface area contributed by atoms with Gasteiger partial charge in [-0.3, -0.25) is 0 Å². The molecule has 2 atom stereocenters. The highest BCUT2D eigenvalue weighted by Crippen LogP contribution is 2.29. The van der Waals surface area contributed by atoms with Crippen LogP contribution in [0.15, 0.2) is 6.33 Å². The number of methoxy groups -OCH3 is 1. The molecule has 0 spiro atoms. The van der Waals surface area contributed by atoms with Crippen LogP contribution in [0.25, 0.3) is 0 Å². The maximum absolute atomic E-state index is 7.63.